The zero-order valence-electron chi connectivity index (χ0n) is 17.3. The highest BCUT2D eigenvalue weighted by Gasteiger charge is 2.11. The fourth-order valence-corrected chi connectivity index (χ4v) is 5.14. The highest BCUT2D eigenvalue weighted by atomic mass is 32.2. The van der Waals surface area contributed by atoms with Crippen molar-refractivity contribution in [3.8, 4) is 0 Å². The summed E-state index contributed by atoms with van der Waals surface area (Å²) in [4.78, 5) is 5.47. The van der Waals surface area contributed by atoms with Gasteiger partial charge in [-0.05, 0) is 88.2 Å². The van der Waals surface area contributed by atoms with Crippen LogP contribution in [0.3, 0.4) is 0 Å². The van der Waals surface area contributed by atoms with Gasteiger partial charge in [-0.2, -0.15) is 0 Å². The third-order valence-corrected chi connectivity index (χ3v) is 6.82. The monoisotopic (exact) mass is 407 g/mol. The van der Waals surface area contributed by atoms with E-state index in [2.05, 4.69) is 60.5 Å². The van der Waals surface area contributed by atoms with Gasteiger partial charge in [0.15, 0.2) is 0 Å². The molecule has 0 aromatic heterocycles. The average molecular weight is 408 g/mol. The van der Waals surface area contributed by atoms with E-state index in [0.717, 1.165) is 12.1 Å². The van der Waals surface area contributed by atoms with E-state index in [1.807, 2.05) is 35.9 Å². The molecule has 0 bridgehead atoms. The molecule has 3 aromatic carbocycles. The molecule has 0 radical (unpaired) electrons. The van der Waals surface area contributed by atoms with Gasteiger partial charge in [0.25, 0.3) is 0 Å². The van der Waals surface area contributed by atoms with Gasteiger partial charge in [0.05, 0.1) is 5.69 Å². The molecule has 0 spiro atoms. The second-order valence-electron chi connectivity index (χ2n) is 7.95. The minimum absolute atomic E-state index is 1.06. The van der Waals surface area contributed by atoms with Gasteiger partial charge in [-0.1, -0.05) is 71.9 Å². The number of nitrogens with zero attached hydrogens (tertiary/aromatic N) is 1. The van der Waals surface area contributed by atoms with Crippen LogP contribution in [0.2, 0.25) is 0 Å². The SMILES string of the molecule is C1=CSc2ccccc2N=C1.Cc1ccc2c(c1)=c1ccc3c(c1CC=2)CCCC=3. The third-order valence-electron chi connectivity index (χ3n) is 5.93. The predicted octanol–water partition coefficient (Wildman–Crippen LogP) is 5.74. The Morgan fingerprint density at radius 3 is 2.73 bits per heavy atom. The number of allylic oxidation sites excluding steroid dienone is 1. The lowest BCUT2D eigenvalue weighted by Gasteiger charge is -2.16. The van der Waals surface area contributed by atoms with Crippen molar-refractivity contribution in [2.45, 2.75) is 37.5 Å². The summed E-state index contributed by atoms with van der Waals surface area (Å²) in [6.07, 6.45) is 13.5. The zero-order valence-corrected chi connectivity index (χ0v) is 18.1. The molecule has 1 heterocycles. The molecule has 148 valence electrons. The number of para-hydroxylation sites is 1. The van der Waals surface area contributed by atoms with Gasteiger partial charge in [-0.3, -0.25) is 4.99 Å². The van der Waals surface area contributed by atoms with Crippen molar-refractivity contribution in [1.29, 1.82) is 0 Å². The number of hydrogen-bond donors (Lipinski definition) is 0. The van der Waals surface area contributed by atoms with Crippen molar-refractivity contribution in [2.75, 3.05) is 0 Å². The summed E-state index contributed by atoms with van der Waals surface area (Å²) in [6.45, 7) is 2.18. The number of aryl methyl sites for hydroxylation is 1. The lowest BCUT2D eigenvalue weighted by molar-refractivity contribution is 0.824. The van der Waals surface area contributed by atoms with Gasteiger partial charge in [0.2, 0.25) is 0 Å². The fourth-order valence-electron chi connectivity index (χ4n) is 4.45. The Morgan fingerprint density at radius 1 is 0.867 bits per heavy atom. The molecule has 0 fully saturated rings. The second kappa shape index (κ2) is 8.49. The maximum Gasteiger partial charge on any atom is 0.0768 e. The number of thioether (sulfide) groups is 1. The summed E-state index contributed by atoms with van der Waals surface area (Å²) in [5.74, 6) is 0. The van der Waals surface area contributed by atoms with Crippen molar-refractivity contribution in [1.82, 2.24) is 0 Å². The number of rotatable bonds is 0. The summed E-state index contributed by atoms with van der Waals surface area (Å²) < 4.78 is 0. The fraction of sp³-hybridized carbons (Fsp3) is 0.179. The molecular weight excluding hydrogens is 382 g/mol. The van der Waals surface area contributed by atoms with Gasteiger partial charge in [0, 0.05) is 11.1 Å². The minimum Gasteiger partial charge on any atom is -0.256 e. The maximum atomic E-state index is 4.25. The van der Waals surface area contributed by atoms with Crippen molar-refractivity contribution < 1.29 is 0 Å². The van der Waals surface area contributed by atoms with E-state index in [1.165, 1.54) is 50.6 Å². The number of aliphatic imine (C=N–C) groups is 1. The van der Waals surface area contributed by atoms with E-state index in [1.54, 1.807) is 22.9 Å². The van der Waals surface area contributed by atoms with Crippen LogP contribution < -0.4 is 10.4 Å². The van der Waals surface area contributed by atoms with Crippen molar-refractivity contribution in [3.63, 3.8) is 0 Å². The first-order chi connectivity index (χ1) is 14.8. The largest absolute Gasteiger partial charge is 0.256 e. The molecule has 2 heteroatoms. The number of fused-ring (bicyclic) bond motifs is 5. The van der Waals surface area contributed by atoms with E-state index in [9.17, 15) is 0 Å². The van der Waals surface area contributed by atoms with Gasteiger partial charge in [-0.15, -0.1) is 0 Å². The molecule has 3 aromatic rings. The molecule has 1 nitrogen and oxygen atoms in total. The normalized spacial score (nSPS) is 15.1. The van der Waals surface area contributed by atoms with Crippen molar-refractivity contribution in [3.05, 3.63) is 104 Å². The van der Waals surface area contributed by atoms with E-state index in [0.29, 0.717) is 0 Å². The molecular formula is C28H25NS. The maximum absolute atomic E-state index is 4.25. The van der Waals surface area contributed by atoms with Crippen LogP contribution in [0.1, 0.15) is 29.5 Å². The van der Waals surface area contributed by atoms with E-state index in [-0.39, 0.29) is 0 Å². The Kier molecular flexibility index (Phi) is 5.42. The third kappa shape index (κ3) is 3.80. The zero-order chi connectivity index (χ0) is 20.3. The average Bonchev–Trinajstić information content (AvgIpc) is 3.05. The lowest BCUT2D eigenvalue weighted by Crippen LogP contribution is -2.19. The summed E-state index contributed by atoms with van der Waals surface area (Å²) in [7, 11) is 0. The Morgan fingerprint density at radius 2 is 1.77 bits per heavy atom. The minimum atomic E-state index is 1.06. The van der Waals surface area contributed by atoms with Crippen molar-refractivity contribution in [2.24, 2.45) is 4.99 Å². The summed E-state index contributed by atoms with van der Waals surface area (Å²) in [6, 6.07) is 19.6. The molecule has 1 aliphatic heterocycles. The molecule has 0 N–H and O–H groups in total. The van der Waals surface area contributed by atoms with Gasteiger partial charge < -0.3 is 0 Å². The van der Waals surface area contributed by atoms with Gasteiger partial charge >= 0.3 is 0 Å². The molecule has 30 heavy (non-hydrogen) atoms. The van der Waals surface area contributed by atoms with Crippen LogP contribution in [-0.4, -0.2) is 6.21 Å². The number of hydrogen-bond acceptors (Lipinski definition) is 2. The summed E-state index contributed by atoms with van der Waals surface area (Å²) in [5, 5.41) is 7.81. The Balaban J connectivity index is 0.000000149. The second-order valence-corrected chi connectivity index (χ2v) is 8.89. The molecule has 2 aliphatic carbocycles. The van der Waals surface area contributed by atoms with Crippen molar-refractivity contribution >= 4 is 35.8 Å². The molecule has 0 saturated carbocycles. The molecule has 6 rings (SSSR count). The molecule has 0 saturated heterocycles. The van der Waals surface area contributed by atoms with E-state index < -0.39 is 0 Å². The van der Waals surface area contributed by atoms with Crippen LogP contribution in [0.5, 0.6) is 0 Å². The van der Waals surface area contributed by atoms with Crippen LogP contribution in [0, 0.1) is 17.4 Å². The van der Waals surface area contributed by atoms with Gasteiger partial charge in [-0.25, -0.2) is 0 Å². The quantitative estimate of drug-likeness (QED) is 0.463. The Hall–Kier alpha value is -2.84. The molecule has 0 atom stereocenters. The highest BCUT2D eigenvalue weighted by molar-refractivity contribution is 8.02. The summed E-state index contributed by atoms with van der Waals surface area (Å²) >= 11 is 1.70. The van der Waals surface area contributed by atoms with Crippen LogP contribution in [-0.2, 0) is 12.8 Å². The predicted molar refractivity (Wildman–Crippen MR) is 130 cm³/mol. The van der Waals surface area contributed by atoms with Crippen LogP contribution in [0.25, 0.3) is 12.2 Å². The first-order valence-electron chi connectivity index (χ1n) is 10.7. The first-order valence-corrected chi connectivity index (χ1v) is 11.5. The van der Waals surface area contributed by atoms with E-state index in [4.69, 9.17) is 0 Å². The Bertz CT molecular complexity index is 1380. The van der Waals surface area contributed by atoms with Crippen LogP contribution >= 0.6 is 11.8 Å². The standard InChI is InChI=1S/C19H18.C9H7NS/c1-13-6-7-15-9-10-17-16-5-3-2-4-14(16)8-11-18(17)19(15)12-13;1-2-5-9-8(4-1)10-6-3-7-11-9/h4,6-9,11-12H,2-3,5,10H2,1H3;1-7H. The van der Waals surface area contributed by atoms with E-state index >= 15 is 0 Å². The topological polar surface area (TPSA) is 12.4 Å². The number of benzene rings is 3. The van der Waals surface area contributed by atoms with Crippen LogP contribution in [0.15, 0.2) is 76.0 Å². The Labute approximate surface area is 181 Å². The summed E-state index contributed by atoms with van der Waals surface area (Å²) in [5.41, 5.74) is 5.59. The highest BCUT2D eigenvalue weighted by Crippen LogP contribution is 2.30. The molecule has 3 aliphatic rings. The molecule has 0 unspecified atom stereocenters. The lowest BCUT2D eigenvalue weighted by atomic mass is 9.89. The van der Waals surface area contributed by atoms with Crippen LogP contribution in [0.4, 0.5) is 5.69 Å². The first kappa shape index (κ1) is 19.1. The smallest absolute Gasteiger partial charge is 0.0768 e. The molecule has 0 amide bonds. The van der Waals surface area contributed by atoms with Gasteiger partial charge in [0.1, 0.15) is 0 Å².